The molecule has 25 heavy (non-hydrogen) atoms. The molecule has 0 bridgehead atoms. The van der Waals surface area contributed by atoms with Gasteiger partial charge in [-0.25, -0.2) is 4.79 Å². The quantitative estimate of drug-likeness (QED) is 0.899. The van der Waals surface area contributed by atoms with E-state index in [1.807, 2.05) is 47.0 Å². The van der Waals surface area contributed by atoms with Crippen LogP contribution in [0.5, 0.6) is 5.75 Å². The second-order valence-electron chi connectivity index (χ2n) is 6.25. The van der Waals surface area contributed by atoms with E-state index >= 15 is 0 Å². The lowest BCUT2D eigenvalue weighted by Gasteiger charge is -2.36. The van der Waals surface area contributed by atoms with E-state index in [9.17, 15) is 4.79 Å². The molecule has 1 N–H and O–H groups in total. The van der Waals surface area contributed by atoms with Gasteiger partial charge in [0.05, 0.1) is 13.7 Å². The Balaban J connectivity index is 1.48. The minimum Gasteiger partial charge on any atom is -0.497 e. The van der Waals surface area contributed by atoms with Gasteiger partial charge in [-0.15, -0.1) is 0 Å². The van der Waals surface area contributed by atoms with Crippen LogP contribution in [0.1, 0.15) is 6.92 Å². The highest BCUT2D eigenvalue weighted by Gasteiger charge is 2.22. The first-order valence-corrected chi connectivity index (χ1v) is 8.57. The van der Waals surface area contributed by atoms with Gasteiger partial charge in [0, 0.05) is 56.4 Å². The lowest BCUT2D eigenvalue weighted by atomic mass is 10.2. The van der Waals surface area contributed by atoms with Crippen molar-refractivity contribution >= 4 is 11.7 Å². The molecule has 1 aromatic heterocycles. The highest BCUT2D eigenvalue weighted by molar-refractivity contribution is 5.74. The van der Waals surface area contributed by atoms with Crippen LogP contribution in [-0.2, 0) is 6.54 Å². The third kappa shape index (κ3) is 4.43. The number of hydrogen-bond acceptors (Lipinski definition) is 4. The maximum absolute atomic E-state index is 12.4. The molecule has 0 unspecified atom stereocenters. The van der Waals surface area contributed by atoms with Crippen molar-refractivity contribution in [1.29, 1.82) is 0 Å². The summed E-state index contributed by atoms with van der Waals surface area (Å²) in [7, 11) is 1.67. The van der Waals surface area contributed by atoms with Gasteiger partial charge >= 0.3 is 6.03 Å². The molecule has 0 saturated carbocycles. The molecule has 1 aliphatic heterocycles. The van der Waals surface area contributed by atoms with Crippen molar-refractivity contribution in [3.05, 3.63) is 42.7 Å². The molecule has 1 aromatic carbocycles. The summed E-state index contributed by atoms with van der Waals surface area (Å²) in [5.41, 5.74) is 1.13. The first-order valence-electron chi connectivity index (χ1n) is 8.57. The van der Waals surface area contributed by atoms with Gasteiger partial charge in [0.15, 0.2) is 0 Å². The number of amides is 2. The van der Waals surface area contributed by atoms with Crippen LogP contribution in [0.25, 0.3) is 0 Å². The summed E-state index contributed by atoms with van der Waals surface area (Å²) in [4.78, 5) is 16.6. The van der Waals surface area contributed by atoms with Crippen molar-refractivity contribution < 1.29 is 9.53 Å². The number of anilines is 1. The molecule has 0 spiro atoms. The lowest BCUT2D eigenvalue weighted by Crippen LogP contribution is -2.53. The molecule has 7 nitrogen and oxygen atoms in total. The fourth-order valence-electron chi connectivity index (χ4n) is 3.01. The summed E-state index contributed by atoms with van der Waals surface area (Å²) in [5.74, 6) is 0.852. The summed E-state index contributed by atoms with van der Waals surface area (Å²) in [5, 5.41) is 7.22. The topological polar surface area (TPSA) is 62.6 Å². The summed E-state index contributed by atoms with van der Waals surface area (Å²) in [6.07, 6.45) is 3.64. The van der Waals surface area contributed by atoms with Gasteiger partial charge in [0.25, 0.3) is 0 Å². The van der Waals surface area contributed by atoms with Crippen LogP contribution in [0.15, 0.2) is 42.7 Å². The molecule has 2 amide bonds. The summed E-state index contributed by atoms with van der Waals surface area (Å²) in [6, 6.07) is 9.94. The fraction of sp³-hybridized carbons (Fsp3) is 0.444. The van der Waals surface area contributed by atoms with Gasteiger partial charge in [-0.1, -0.05) is 6.07 Å². The van der Waals surface area contributed by atoms with Crippen molar-refractivity contribution in [3.63, 3.8) is 0 Å². The zero-order valence-electron chi connectivity index (χ0n) is 14.8. The number of carbonyl (C=O) groups is 1. The Labute approximate surface area is 148 Å². The van der Waals surface area contributed by atoms with Gasteiger partial charge in [-0.3, -0.25) is 4.68 Å². The Morgan fingerprint density at radius 1 is 1.28 bits per heavy atom. The highest BCUT2D eigenvalue weighted by Crippen LogP contribution is 2.22. The predicted octanol–water partition coefficient (Wildman–Crippen LogP) is 1.81. The maximum atomic E-state index is 12.4. The monoisotopic (exact) mass is 343 g/mol. The number of ether oxygens (including phenoxy) is 1. The fourth-order valence-corrected chi connectivity index (χ4v) is 3.01. The molecule has 0 radical (unpaired) electrons. The molecule has 1 saturated heterocycles. The molecule has 7 heteroatoms. The van der Waals surface area contributed by atoms with Gasteiger partial charge in [-0.05, 0) is 25.1 Å². The third-order valence-electron chi connectivity index (χ3n) is 4.38. The van der Waals surface area contributed by atoms with E-state index < -0.39 is 0 Å². The van der Waals surface area contributed by atoms with Gasteiger partial charge in [0.1, 0.15) is 5.75 Å². The minimum absolute atomic E-state index is 0.00931. The summed E-state index contributed by atoms with van der Waals surface area (Å²) < 4.78 is 7.11. The molecule has 134 valence electrons. The zero-order valence-corrected chi connectivity index (χ0v) is 14.8. The van der Waals surface area contributed by atoms with Gasteiger partial charge < -0.3 is 19.9 Å². The molecule has 1 atom stereocenters. The number of piperazine rings is 1. The molecule has 1 aliphatic rings. The van der Waals surface area contributed by atoms with Crippen molar-refractivity contribution in [2.45, 2.75) is 19.5 Å². The number of carbonyl (C=O) groups excluding carboxylic acids is 1. The van der Waals surface area contributed by atoms with E-state index in [1.54, 1.807) is 13.3 Å². The van der Waals surface area contributed by atoms with E-state index in [4.69, 9.17) is 4.74 Å². The van der Waals surface area contributed by atoms with Crippen LogP contribution in [0.3, 0.4) is 0 Å². The molecule has 2 heterocycles. The Hall–Kier alpha value is -2.70. The van der Waals surface area contributed by atoms with Gasteiger partial charge in [0.2, 0.25) is 0 Å². The zero-order chi connectivity index (χ0) is 17.6. The Morgan fingerprint density at radius 3 is 2.76 bits per heavy atom. The number of nitrogens with zero attached hydrogens (tertiary/aromatic N) is 4. The standard InChI is InChI=1S/C18H25N5O2/c1-15(14-23-8-4-7-19-23)20-18(24)22-11-9-21(10-12-22)16-5-3-6-17(13-16)25-2/h3-8,13,15H,9-12,14H2,1-2H3,(H,20,24)/t15-/m1/s1. The molecular weight excluding hydrogens is 318 g/mol. The predicted molar refractivity (Wildman–Crippen MR) is 97.0 cm³/mol. The summed E-state index contributed by atoms with van der Waals surface area (Å²) >= 11 is 0. The first kappa shape index (κ1) is 17.1. The lowest BCUT2D eigenvalue weighted by molar-refractivity contribution is 0.189. The van der Waals surface area contributed by atoms with Gasteiger partial charge in [-0.2, -0.15) is 5.10 Å². The van der Waals surface area contributed by atoms with Crippen LogP contribution in [0, 0.1) is 0 Å². The van der Waals surface area contributed by atoms with Crippen molar-refractivity contribution in [2.75, 3.05) is 38.2 Å². The Kier molecular flexibility index (Phi) is 5.42. The van der Waals surface area contributed by atoms with Crippen LogP contribution in [0.2, 0.25) is 0 Å². The molecule has 1 fully saturated rings. The van der Waals surface area contributed by atoms with Crippen LogP contribution in [0.4, 0.5) is 10.5 Å². The summed E-state index contributed by atoms with van der Waals surface area (Å²) in [6.45, 7) is 5.70. The average molecular weight is 343 g/mol. The molecular formula is C18H25N5O2. The average Bonchev–Trinajstić information content (AvgIpc) is 3.14. The number of hydrogen-bond donors (Lipinski definition) is 1. The minimum atomic E-state index is -0.00931. The molecule has 3 rings (SSSR count). The molecule has 2 aromatic rings. The Morgan fingerprint density at radius 2 is 2.08 bits per heavy atom. The number of methoxy groups -OCH3 is 1. The van der Waals surface area contributed by atoms with E-state index in [0.717, 1.165) is 24.5 Å². The van der Waals surface area contributed by atoms with E-state index in [2.05, 4.69) is 21.4 Å². The van der Waals surface area contributed by atoms with Crippen molar-refractivity contribution in [1.82, 2.24) is 20.0 Å². The van der Waals surface area contributed by atoms with E-state index in [0.29, 0.717) is 19.6 Å². The normalized spacial score (nSPS) is 15.8. The number of nitrogens with one attached hydrogen (secondary N) is 1. The number of rotatable bonds is 5. The van der Waals surface area contributed by atoms with E-state index in [1.165, 1.54) is 0 Å². The third-order valence-corrected chi connectivity index (χ3v) is 4.38. The first-order chi connectivity index (χ1) is 12.2. The van der Waals surface area contributed by atoms with Crippen LogP contribution in [-0.4, -0.2) is 60.0 Å². The number of aromatic nitrogens is 2. The second kappa shape index (κ2) is 7.92. The van der Waals surface area contributed by atoms with E-state index in [-0.39, 0.29) is 12.1 Å². The number of urea groups is 1. The smallest absolute Gasteiger partial charge is 0.317 e. The Bertz CT molecular complexity index is 681. The van der Waals surface area contributed by atoms with Crippen molar-refractivity contribution in [3.8, 4) is 5.75 Å². The van der Waals surface area contributed by atoms with Crippen LogP contribution < -0.4 is 15.0 Å². The highest BCUT2D eigenvalue weighted by atomic mass is 16.5. The second-order valence-corrected chi connectivity index (χ2v) is 6.25. The SMILES string of the molecule is COc1cccc(N2CCN(C(=O)N[C@H](C)Cn3cccn3)CC2)c1. The molecule has 0 aliphatic carbocycles. The van der Waals surface area contributed by atoms with Crippen LogP contribution >= 0.6 is 0 Å². The maximum Gasteiger partial charge on any atom is 0.317 e. The van der Waals surface area contributed by atoms with Crippen molar-refractivity contribution in [2.24, 2.45) is 0 Å². The largest absolute Gasteiger partial charge is 0.497 e. The number of benzene rings is 1.